The summed E-state index contributed by atoms with van der Waals surface area (Å²) in [7, 11) is 0. The van der Waals surface area contributed by atoms with E-state index in [-0.39, 0.29) is 6.10 Å². The minimum absolute atomic E-state index is 0.00737. The van der Waals surface area contributed by atoms with Gasteiger partial charge in [-0.3, -0.25) is 5.10 Å². The Morgan fingerprint density at radius 3 is 3.00 bits per heavy atom. The lowest BCUT2D eigenvalue weighted by Gasteiger charge is -2.29. The third-order valence-electron chi connectivity index (χ3n) is 3.44. The van der Waals surface area contributed by atoms with Crippen LogP contribution in [0.15, 0.2) is 30.5 Å². The molecule has 0 unspecified atom stereocenters. The van der Waals surface area contributed by atoms with Gasteiger partial charge in [0.2, 0.25) is 0 Å². The van der Waals surface area contributed by atoms with Crippen LogP contribution in [0.4, 0.5) is 15.3 Å². The molecule has 1 aromatic carbocycles. The molecule has 3 aromatic rings. The summed E-state index contributed by atoms with van der Waals surface area (Å²) >= 11 is 1.54. The number of H-pyrrole nitrogens is 1. The molecule has 1 fully saturated rings. The summed E-state index contributed by atoms with van der Waals surface area (Å²) in [5.74, 6) is 1.57. The van der Waals surface area contributed by atoms with Crippen molar-refractivity contribution in [3.63, 3.8) is 0 Å². The number of anilines is 2. The van der Waals surface area contributed by atoms with E-state index in [9.17, 15) is 4.39 Å². The van der Waals surface area contributed by atoms with Gasteiger partial charge in [0.1, 0.15) is 23.8 Å². The van der Waals surface area contributed by atoms with Crippen molar-refractivity contribution >= 4 is 32.5 Å². The first kappa shape index (κ1) is 12.6. The standard InChI is InChI=1S/C14H13FN4OS/c15-8-5-10(6-8)20-9-1-2-11-12(7-9)21-14(17-11)18-13-3-4-16-19-13/h1-4,7-8,10H,5-6H2,(H2,16,17,18,19). The second-order valence-electron chi connectivity index (χ2n) is 5.05. The molecule has 0 atom stereocenters. The van der Waals surface area contributed by atoms with Gasteiger partial charge in [-0.25, -0.2) is 9.37 Å². The highest BCUT2D eigenvalue weighted by Gasteiger charge is 2.30. The van der Waals surface area contributed by atoms with Crippen LogP contribution in [0.2, 0.25) is 0 Å². The number of fused-ring (bicyclic) bond motifs is 1. The second kappa shape index (κ2) is 5.00. The fraction of sp³-hybridized carbons (Fsp3) is 0.286. The van der Waals surface area contributed by atoms with Crippen molar-refractivity contribution in [2.75, 3.05) is 5.32 Å². The lowest BCUT2D eigenvalue weighted by atomic mass is 9.94. The molecule has 2 N–H and O–H groups in total. The molecule has 4 rings (SSSR count). The van der Waals surface area contributed by atoms with Crippen LogP contribution < -0.4 is 10.1 Å². The zero-order valence-electron chi connectivity index (χ0n) is 11.0. The minimum Gasteiger partial charge on any atom is -0.490 e. The highest BCUT2D eigenvalue weighted by molar-refractivity contribution is 7.22. The van der Waals surface area contributed by atoms with Crippen molar-refractivity contribution < 1.29 is 9.13 Å². The zero-order chi connectivity index (χ0) is 14.2. The molecule has 108 valence electrons. The van der Waals surface area contributed by atoms with Gasteiger partial charge in [-0.2, -0.15) is 5.10 Å². The first-order chi connectivity index (χ1) is 10.3. The first-order valence-electron chi connectivity index (χ1n) is 6.74. The third kappa shape index (κ3) is 2.56. The van der Waals surface area contributed by atoms with Gasteiger partial charge in [0.05, 0.1) is 16.4 Å². The maximum Gasteiger partial charge on any atom is 0.189 e. The van der Waals surface area contributed by atoms with Crippen LogP contribution in [-0.2, 0) is 0 Å². The monoisotopic (exact) mass is 304 g/mol. The molecular formula is C14H13FN4OS. The van der Waals surface area contributed by atoms with E-state index in [1.807, 2.05) is 24.3 Å². The van der Waals surface area contributed by atoms with Crippen LogP contribution in [0, 0.1) is 0 Å². The Balaban J connectivity index is 1.53. The smallest absolute Gasteiger partial charge is 0.189 e. The number of halogens is 1. The number of hydrogen-bond donors (Lipinski definition) is 2. The molecule has 0 amide bonds. The molecule has 0 spiro atoms. The summed E-state index contributed by atoms with van der Waals surface area (Å²) < 4.78 is 19.6. The maximum absolute atomic E-state index is 12.8. The quantitative estimate of drug-likeness (QED) is 0.772. The fourth-order valence-corrected chi connectivity index (χ4v) is 3.17. The summed E-state index contributed by atoms with van der Waals surface area (Å²) in [6, 6.07) is 7.60. The SMILES string of the molecule is FC1CC(Oc2ccc3nc(Nc4ccn[nH]4)sc3c2)C1. The molecule has 0 aliphatic heterocycles. The molecule has 21 heavy (non-hydrogen) atoms. The Kier molecular flexibility index (Phi) is 2.99. The van der Waals surface area contributed by atoms with Crippen LogP contribution in [0.3, 0.4) is 0 Å². The van der Waals surface area contributed by atoms with E-state index in [1.54, 1.807) is 6.20 Å². The van der Waals surface area contributed by atoms with Crippen molar-refractivity contribution in [2.45, 2.75) is 25.1 Å². The Labute approximate surface area is 124 Å². The Morgan fingerprint density at radius 1 is 1.33 bits per heavy atom. The average molecular weight is 304 g/mol. The molecule has 0 bridgehead atoms. The van der Waals surface area contributed by atoms with E-state index in [2.05, 4.69) is 20.5 Å². The third-order valence-corrected chi connectivity index (χ3v) is 4.38. The molecule has 0 saturated heterocycles. The van der Waals surface area contributed by atoms with E-state index in [4.69, 9.17) is 4.74 Å². The maximum atomic E-state index is 12.8. The summed E-state index contributed by atoms with van der Waals surface area (Å²) in [6.45, 7) is 0. The molecule has 5 nitrogen and oxygen atoms in total. The predicted molar refractivity (Wildman–Crippen MR) is 80.0 cm³/mol. The largest absolute Gasteiger partial charge is 0.490 e. The molecule has 2 aromatic heterocycles. The number of aromatic amines is 1. The summed E-state index contributed by atoms with van der Waals surface area (Å²) in [4.78, 5) is 4.50. The highest BCUT2D eigenvalue weighted by Crippen LogP contribution is 2.33. The molecule has 1 aliphatic rings. The second-order valence-corrected chi connectivity index (χ2v) is 6.08. The zero-order valence-corrected chi connectivity index (χ0v) is 11.9. The number of rotatable bonds is 4. The lowest BCUT2D eigenvalue weighted by Crippen LogP contribution is -2.34. The van der Waals surface area contributed by atoms with Crippen molar-refractivity contribution in [1.29, 1.82) is 0 Å². The first-order valence-corrected chi connectivity index (χ1v) is 7.55. The van der Waals surface area contributed by atoms with Gasteiger partial charge in [0.25, 0.3) is 0 Å². The molecule has 0 radical (unpaired) electrons. The molecule has 1 aliphatic carbocycles. The van der Waals surface area contributed by atoms with Gasteiger partial charge >= 0.3 is 0 Å². The average Bonchev–Trinajstić information content (AvgIpc) is 3.05. The minimum atomic E-state index is -0.702. The van der Waals surface area contributed by atoms with Crippen LogP contribution in [-0.4, -0.2) is 27.5 Å². The van der Waals surface area contributed by atoms with Crippen LogP contribution in [0.25, 0.3) is 10.2 Å². The van der Waals surface area contributed by atoms with Crippen molar-refractivity contribution in [3.05, 3.63) is 30.5 Å². The number of hydrogen-bond acceptors (Lipinski definition) is 5. The van der Waals surface area contributed by atoms with E-state index in [0.29, 0.717) is 12.8 Å². The molecular weight excluding hydrogens is 291 g/mol. The van der Waals surface area contributed by atoms with Gasteiger partial charge in [-0.15, -0.1) is 0 Å². The van der Waals surface area contributed by atoms with E-state index >= 15 is 0 Å². The normalized spacial score (nSPS) is 21.2. The molecule has 2 heterocycles. The Hall–Kier alpha value is -2.15. The number of ether oxygens (including phenoxy) is 1. The van der Waals surface area contributed by atoms with E-state index < -0.39 is 6.17 Å². The van der Waals surface area contributed by atoms with E-state index in [1.165, 1.54) is 11.3 Å². The molecule has 7 heteroatoms. The summed E-state index contributed by atoms with van der Waals surface area (Å²) in [6.07, 6.45) is 1.97. The van der Waals surface area contributed by atoms with Gasteiger partial charge < -0.3 is 10.1 Å². The van der Waals surface area contributed by atoms with Gasteiger partial charge in [-0.1, -0.05) is 11.3 Å². The Morgan fingerprint density at radius 2 is 2.24 bits per heavy atom. The lowest BCUT2D eigenvalue weighted by molar-refractivity contribution is 0.0411. The Bertz CT molecular complexity index is 752. The fourth-order valence-electron chi connectivity index (χ4n) is 2.26. The van der Waals surface area contributed by atoms with Gasteiger partial charge in [-0.05, 0) is 18.2 Å². The van der Waals surface area contributed by atoms with Crippen molar-refractivity contribution in [1.82, 2.24) is 15.2 Å². The van der Waals surface area contributed by atoms with Crippen LogP contribution in [0.5, 0.6) is 5.75 Å². The highest BCUT2D eigenvalue weighted by atomic mass is 32.1. The number of benzene rings is 1. The van der Waals surface area contributed by atoms with Crippen molar-refractivity contribution in [2.24, 2.45) is 0 Å². The molecule has 1 saturated carbocycles. The van der Waals surface area contributed by atoms with Gasteiger partial charge in [0.15, 0.2) is 5.13 Å². The van der Waals surface area contributed by atoms with Crippen LogP contribution in [0.1, 0.15) is 12.8 Å². The summed E-state index contributed by atoms with van der Waals surface area (Å²) in [5.41, 5.74) is 0.909. The number of thiazole rings is 1. The number of nitrogens with zero attached hydrogens (tertiary/aromatic N) is 2. The number of nitrogens with one attached hydrogen (secondary N) is 2. The number of alkyl halides is 1. The predicted octanol–water partition coefficient (Wildman–Crippen LogP) is 3.64. The number of aromatic nitrogens is 3. The summed E-state index contributed by atoms with van der Waals surface area (Å²) in [5, 5.41) is 10.7. The van der Waals surface area contributed by atoms with Gasteiger partial charge in [0, 0.05) is 18.9 Å². The topological polar surface area (TPSA) is 62.8 Å². The van der Waals surface area contributed by atoms with E-state index in [0.717, 1.165) is 26.9 Å². The van der Waals surface area contributed by atoms with Crippen molar-refractivity contribution in [3.8, 4) is 5.75 Å². The van der Waals surface area contributed by atoms with Crippen LogP contribution >= 0.6 is 11.3 Å².